The molecule has 0 saturated carbocycles. The molecule has 0 radical (unpaired) electrons. The van der Waals surface area contributed by atoms with Gasteiger partial charge in [-0.15, -0.1) is 0 Å². The molecule has 0 aliphatic rings. The van der Waals surface area contributed by atoms with Gasteiger partial charge in [0, 0.05) is 23.0 Å². The number of halogens is 2. The fourth-order valence-electron chi connectivity index (χ4n) is 2.62. The lowest BCUT2D eigenvalue weighted by Crippen LogP contribution is -2.11. The van der Waals surface area contributed by atoms with Crippen LogP contribution in [0.2, 0.25) is 10.2 Å². The van der Waals surface area contributed by atoms with Crippen LogP contribution in [0.25, 0.3) is 22.4 Å². The number of carbonyl (C=O) groups excluding carboxylic acids is 1. The standard InChI is InChI=1S/C19H12Cl2N4O/c20-14-4-2-1-3-13(14)18-24-15-6-5-12(10-16(15)25-18)23-19(26)11-7-8-22-17(21)9-11/h1-10H,(H,23,26)(H,24,25). The van der Waals surface area contributed by atoms with E-state index in [1.54, 1.807) is 12.1 Å². The Morgan fingerprint density at radius 1 is 1.04 bits per heavy atom. The first-order valence-corrected chi connectivity index (χ1v) is 8.53. The molecule has 0 atom stereocenters. The lowest BCUT2D eigenvalue weighted by atomic mass is 10.2. The first kappa shape index (κ1) is 16.6. The number of pyridine rings is 1. The maximum absolute atomic E-state index is 12.3. The van der Waals surface area contributed by atoms with E-state index >= 15 is 0 Å². The second-order valence-corrected chi connectivity index (χ2v) is 6.41. The fraction of sp³-hybridized carbons (Fsp3) is 0. The summed E-state index contributed by atoms with van der Waals surface area (Å²) in [5.41, 5.74) is 3.48. The molecular weight excluding hydrogens is 371 g/mol. The van der Waals surface area contributed by atoms with Crippen molar-refractivity contribution < 1.29 is 4.79 Å². The third-order valence-corrected chi connectivity index (χ3v) is 4.39. The van der Waals surface area contributed by atoms with Crippen molar-refractivity contribution in [2.24, 2.45) is 0 Å². The average molecular weight is 383 g/mol. The highest BCUT2D eigenvalue weighted by molar-refractivity contribution is 6.33. The quantitative estimate of drug-likeness (QED) is 0.479. The highest BCUT2D eigenvalue weighted by atomic mass is 35.5. The molecule has 0 saturated heterocycles. The van der Waals surface area contributed by atoms with Gasteiger partial charge in [-0.25, -0.2) is 9.97 Å². The van der Waals surface area contributed by atoms with Crippen LogP contribution in [0.3, 0.4) is 0 Å². The average Bonchev–Trinajstić information content (AvgIpc) is 3.05. The smallest absolute Gasteiger partial charge is 0.255 e. The van der Waals surface area contributed by atoms with Crippen molar-refractivity contribution in [1.82, 2.24) is 15.0 Å². The van der Waals surface area contributed by atoms with Crippen LogP contribution in [-0.4, -0.2) is 20.9 Å². The molecule has 2 aromatic carbocycles. The van der Waals surface area contributed by atoms with Crippen LogP contribution in [0.4, 0.5) is 5.69 Å². The first-order valence-electron chi connectivity index (χ1n) is 7.78. The number of H-pyrrole nitrogens is 1. The Balaban J connectivity index is 1.64. The number of hydrogen-bond acceptors (Lipinski definition) is 3. The number of benzene rings is 2. The van der Waals surface area contributed by atoms with Gasteiger partial charge in [0.25, 0.3) is 5.91 Å². The minimum atomic E-state index is -0.264. The van der Waals surface area contributed by atoms with Crippen LogP contribution in [0.15, 0.2) is 60.8 Å². The molecule has 4 aromatic rings. The Morgan fingerprint density at radius 2 is 1.88 bits per heavy atom. The van der Waals surface area contributed by atoms with E-state index in [0.29, 0.717) is 22.1 Å². The molecule has 4 rings (SSSR count). The van der Waals surface area contributed by atoms with Gasteiger partial charge in [-0.1, -0.05) is 35.3 Å². The summed E-state index contributed by atoms with van der Waals surface area (Å²) < 4.78 is 0. The molecule has 0 aliphatic heterocycles. The maximum atomic E-state index is 12.3. The van der Waals surface area contributed by atoms with Crippen LogP contribution in [0.1, 0.15) is 10.4 Å². The number of carbonyl (C=O) groups is 1. The molecule has 2 aromatic heterocycles. The second kappa shape index (κ2) is 6.78. The van der Waals surface area contributed by atoms with Gasteiger partial charge in [-0.05, 0) is 42.5 Å². The third-order valence-electron chi connectivity index (χ3n) is 3.86. The zero-order valence-electron chi connectivity index (χ0n) is 13.3. The Hall–Kier alpha value is -2.89. The summed E-state index contributed by atoms with van der Waals surface area (Å²) in [5.74, 6) is 0.412. The number of fused-ring (bicyclic) bond motifs is 1. The second-order valence-electron chi connectivity index (χ2n) is 5.62. The van der Waals surface area contributed by atoms with Crippen LogP contribution >= 0.6 is 23.2 Å². The molecular formula is C19H12Cl2N4O. The van der Waals surface area contributed by atoms with Gasteiger partial charge in [0.15, 0.2) is 0 Å². The van der Waals surface area contributed by atoms with E-state index in [1.165, 1.54) is 12.3 Å². The summed E-state index contributed by atoms with van der Waals surface area (Å²) in [6, 6.07) is 16.1. The Kier molecular flexibility index (Phi) is 4.32. The summed E-state index contributed by atoms with van der Waals surface area (Å²) in [7, 11) is 0. The molecule has 0 unspecified atom stereocenters. The molecule has 5 nitrogen and oxygen atoms in total. The minimum absolute atomic E-state index is 0.264. The number of imidazole rings is 1. The monoisotopic (exact) mass is 382 g/mol. The van der Waals surface area contributed by atoms with E-state index < -0.39 is 0 Å². The summed E-state index contributed by atoms with van der Waals surface area (Å²) in [5, 5.41) is 3.73. The van der Waals surface area contributed by atoms with Crippen LogP contribution < -0.4 is 5.32 Å². The Morgan fingerprint density at radius 3 is 2.69 bits per heavy atom. The largest absolute Gasteiger partial charge is 0.338 e. The molecule has 0 aliphatic carbocycles. The lowest BCUT2D eigenvalue weighted by Gasteiger charge is -2.05. The number of nitrogens with one attached hydrogen (secondary N) is 2. The summed E-state index contributed by atoms with van der Waals surface area (Å²) in [6.45, 7) is 0. The summed E-state index contributed by atoms with van der Waals surface area (Å²) in [4.78, 5) is 24.0. The van der Waals surface area contributed by atoms with Gasteiger partial charge in [-0.2, -0.15) is 0 Å². The predicted molar refractivity (Wildman–Crippen MR) is 104 cm³/mol. The molecule has 128 valence electrons. The van der Waals surface area contributed by atoms with Gasteiger partial charge in [0.2, 0.25) is 0 Å². The van der Waals surface area contributed by atoms with E-state index in [4.69, 9.17) is 23.2 Å². The number of rotatable bonds is 3. The van der Waals surface area contributed by atoms with Gasteiger partial charge in [-0.3, -0.25) is 4.79 Å². The van der Waals surface area contributed by atoms with Crippen molar-refractivity contribution in [2.75, 3.05) is 5.32 Å². The van der Waals surface area contributed by atoms with Crippen molar-refractivity contribution in [3.05, 3.63) is 76.5 Å². The van der Waals surface area contributed by atoms with Crippen molar-refractivity contribution in [1.29, 1.82) is 0 Å². The maximum Gasteiger partial charge on any atom is 0.255 e. The van der Waals surface area contributed by atoms with E-state index in [2.05, 4.69) is 20.3 Å². The Bertz CT molecular complexity index is 1120. The molecule has 2 N–H and O–H groups in total. The lowest BCUT2D eigenvalue weighted by molar-refractivity contribution is 0.102. The highest BCUT2D eigenvalue weighted by Gasteiger charge is 2.11. The number of aromatic amines is 1. The van der Waals surface area contributed by atoms with Crippen molar-refractivity contribution >= 4 is 45.8 Å². The van der Waals surface area contributed by atoms with E-state index in [-0.39, 0.29) is 11.1 Å². The minimum Gasteiger partial charge on any atom is -0.338 e. The van der Waals surface area contributed by atoms with Crippen LogP contribution in [0.5, 0.6) is 0 Å². The fourth-order valence-corrected chi connectivity index (χ4v) is 3.01. The summed E-state index contributed by atoms with van der Waals surface area (Å²) in [6.07, 6.45) is 1.49. The molecule has 1 amide bonds. The molecule has 0 fully saturated rings. The SMILES string of the molecule is O=C(Nc1ccc2nc(-c3ccccc3Cl)[nH]c2c1)c1ccnc(Cl)c1. The van der Waals surface area contributed by atoms with E-state index in [0.717, 1.165) is 16.6 Å². The number of aromatic nitrogens is 3. The highest BCUT2D eigenvalue weighted by Crippen LogP contribution is 2.28. The van der Waals surface area contributed by atoms with Gasteiger partial charge < -0.3 is 10.3 Å². The molecule has 0 spiro atoms. The third kappa shape index (κ3) is 3.27. The van der Waals surface area contributed by atoms with E-state index in [1.807, 2.05) is 36.4 Å². The summed E-state index contributed by atoms with van der Waals surface area (Å²) >= 11 is 12.1. The van der Waals surface area contributed by atoms with Crippen molar-refractivity contribution in [3.8, 4) is 11.4 Å². The Labute approximate surface area is 159 Å². The van der Waals surface area contributed by atoms with Gasteiger partial charge in [0.1, 0.15) is 11.0 Å². The number of hydrogen-bond donors (Lipinski definition) is 2. The first-order chi connectivity index (χ1) is 12.6. The van der Waals surface area contributed by atoms with Crippen molar-refractivity contribution in [2.45, 2.75) is 0 Å². The van der Waals surface area contributed by atoms with E-state index in [9.17, 15) is 4.79 Å². The molecule has 7 heteroatoms. The predicted octanol–water partition coefficient (Wildman–Crippen LogP) is 5.18. The number of nitrogens with zero attached hydrogens (tertiary/aromatic N) is 2. The zero-order chi connectivity index (χ0) is 18.1. The van der Waals surface area contributed by atoms with Gasteiger partial charge in [0.05, 0.1) is 16.1 Å². The molecule has 26 heavy (non-hydrogen) atoms. The van der Waals surface area contributed by atoms with Crippen LogP contribution in [-0.2, 0) is 0 Å². The van der Waals surface area contributed by atoms with Gasteiger partial charge >= 0.3 is 0 Å². The topological polar surface area (TPSA) is 70.7 Å². The number of amides is 1. The van der Waals surface area contributed by atoms with Crippen molar-refractivity contribution in [3.63, 3.8) is 0 Å². The number of anilines is 1. The normalized spacial score (nSPS) is 10.8. The zero-order valence-corrected chi connectivity index (χ0v) is 14.8. The molecule has 0 bridgehead atoms. The molecule has 2 heterocycles. The van der Waals surface area contributed by atoms with Crippen LogP contribution in [0, 0.1) is 0 Å².